The van der Waals surface area contributed by atoms with Crippen LogP contribution in [-0.2, 0) is 4.79 Å². The molecule has 0 aliphatic rings. The third-order valence-electron chi connectivity index (χ3n) is 2.67. The molecule has 0 saturated carbocycles. The van der Waals surface area contributed by atoms with Crippen molar-refractivity contribution < 1.29 is 14.0 Å². The largest absolute Gasteiger partial charge is 0.398 e. The third-order valence-corrected chi connectivity index (χ3v) is 2.67. The van der Waals surface area contributed by atoms with Gasteiger partial charge in [0.25, 0.3) is 5.91 Å². The smallest absolute Gasteiger partial charge is 0.250 e. The fourth-order valence-electron chi connectivity index (χ4n) is 1.69. The van der Waals surface area contributed by atoms with Gasteiger partial charge in [-0.2, -0.15) is 0 Å². The minimum absolute atomic E-state index is 0.00216. The lowest BCUT2D eigenvalue weighted by molar-refractivity contribution is -0.122. The van der Waals surface area contributed by atoms with E-state index in [1.165, 1.54) is 6.07 Å². The van der Waals surface area contributed by atoms with E-state index in [0.29, 0.717) is 0 Å². The molecule has 0 bridgehead atoms. The number of nitrogens with two attached hydrogens (primary N) is 2. The van der Waals surface area contributed by atoms with E-state index in [0.717, 1.165) is 6.07 Å². The Morgan fingerprint density at radius 2 is 1.86 bits per heavy atom. The van der Waals surface area contributed by atoms with Gasteiger partial charge in [0.05, 0.1) is 11.3 Å². The summed E-state index contributed by atoms with van der Waals surface area (Å²) in [5, 5.41) is 5.47. The van der Waals surface area contributed by atoms with Gasteiger partial charge in [0.1, 0.15) is 11.9 Å². The third kappa shape index (κ3) is 4.62. The number of carbonyl (C=O) groups is 2. The average Bonchev–Trinajstić information content (AvgIpc) is 2.29. The molecule has 1 atom stereocenters. The maximum Gasteiger partial charge on any atom is 0.250 e. The standard InChI is InChI=1S/C14H21FN4O2/c1-7(13(21)19-14(2,3)4)18-11-5-8(12(17)20)10(16)6-9(11)15/h5-7,18H,16H2,1-4H3,(H2,17,20)(H,19,21). The number of amides is 2. The Bertz CT molecular complexity index is 567. The molecule has 6 N–H and O–H groups in total. The summed E-state index contributed by atoms with van der Waals surface area (Å²) in [4.78, 5) is 23.2. The van der Waals surface area contributed by atoms with Gasteiger partial charge in [-0.15, -0.1) is 0 Å². The van der Waals surface area contributed by atoms with Gasteiger partial charge in [0, 0.05) is 11.2 Å². The van der Waals surface area contributed by atoms with Crippen molar-refractivity contribution in [3.8, 4) is 0 Å². The Balaban J connectivity index is 2.95. The van der Waals surface area contributed by atoms with E-state index in [-0.39, 0.29) is 22.8 Å². The maximum atomic E-state index is 13.8. The van der Waals surface area contributed by atoms with Crippen molar-refractivity contribution >= 4 is 23.2 Å². The monoisotopic (exact) mass is 296 g/mol. The van der Waals surface area contributed by atoms with Gasteiger partial charge in [-0.3, -0.25) is 9.59 Å². The first-order valence-electron chi connectivity index (χ1n) is 6.48. The van der Waals surface area contributed by atoms with Gasteiger partial charge in [0.2, 0.25) is 5.91 Å². The van der Waals surface area contributed by atoms with Crippen molar-refractivity contribution in [2.75, 3.05) is 11.1 Å². The van der Waals surface area contributed by atoms with E-state index in [9.17, 15) is 14.0 Å². The first-order chi connectivity index (χ1) is 9.51. The minimum Gasteiger partial charge on any atom is -0.398 e. The van der Waals surface area contributed by atoms with Crippen LogP contribution in [0.5, 0.6) is 0 Å². The van der Waals surface area contributed by atoms with Crippen molar-refractivity contribution in [3.05, 3.63) is 23.5 Å². The van der Waals surface area contributed by atoms with Gasteiger partial charge in [-0.25, -0.2) is 4.39 Å². The summed E-state index contributed by atoms with van der Waals surface area (Å²) in [6.45, 7) is 7.10. The topological polar surface area (TPSA) is 110 Å². The highest BCUT2D eigenvalue weighted by molar-refractivity contribution is 5.99. The predicted octanol–water partition coefficient (Wildman–Crippen LogP) is 1.22. The number of anilines is 2. The normalized spacial score (nSPS) is 12.6. The molecule has 1 unspecified atom stereocenters. The number of nitrogen functional groups attached to an aromatic ring is 1. The fraction of sp³-hybridized carbons (Fsp3) is 0.429. The highest BCUT2D eigenvalue weighted by atomic mass is 19.1. The molecular weight excluding hydrogens is 275 g/mol. The minimum atomic E-state index is -0.762. The molecule has 2 amide bonds. The zero-order chi connectivity index (χ0) is 16.4. The van der Waals surface area contributed by atoms with E-state index in [2.05, 4.69) is 10.6 Å². The van der Waals surface area contributed by atoms with Crippen LogP contribution < -0.4 is 22.1 Å². The van der Waals surface area contributed by atoms with Crippen LogP contribution >= 0.6 is 0 Å². The van der Waals surface area contributed by atoms with E-state index >= 15 is 0 Å². The fourth-order valence-corrected chi connectivity index (χ4v) is 1.69. The Hall–Kier alpha value is -2.31. The quantitative estimate of drug-likeness (QED) is 0.626. The summed E-state index contributed by atoms with van der Waals surface area (Å²) in [7, 11) is 0. The summed E-state index contributed by atoms with van der Waals surface area (Å²) < 4.78 is 13.8. The first-order valence-corrected chi connectivity index (χ1v) is 6.48. The van der Waals surface area contributed by atoms with Crippen LogP contribution in [0.25, 0.3) is 0 Å². The van der Waals surface area contributed by atoms with Crippen molar-refractivity contribution in [3.63, 3.8) is 0 Å². The molecular formula is C14H21FN4O2. The second kappa shape index (κ2) is 5.99. The molecule has 7 heteroatoms. The summed E-state index contributed by atoms with van der Waals surface area (Å²) in [5.41, 5.74) is 10.2. The van der Waals surface area contributed by atoms with Crippen molar-refractivity contribution in [1.29, 1.82) is 0 Å². The van der Waals surface area contributed by atoms with Crippen molar-refractivity contribution in [2.45, 2.75) is 39.3 Å². The molecule has 1 aromatic rings. The van der Waals surface area contributed by atoms with Crippen LogP contribution in [0.2, 0.25) is 0 Å². The zero-order valence-electron chi connectivity index (χ0n) is 12.6. The van der Waals surface area contributed by atoms with E-state index in [4.69, 9.17) is 11.5 Å². The maximum absolute atomic E-state index is 13.8. The van der Waals surface area contributed by atoms with Gasteiger partial charge >= 0.3 is 0 Å². The second-order valence-corrected chi connectivity index (χ2v) is 5.89. The van der Waals surface area contributed by atoms with Crippen molar-refractivity contribution in [1.82, 2.24) is 5.32 Å². The number of carbonyl (C=O) groups excluding carboxylic acids is 2. The zero-order valence-corrected chi connectivity index (χ0v) is 12.6. The molecule has 116 valence electrons. The Kier molecular flexibility index (Phi) is 4.77. The number of hydrogen-bond donors (Lipinski definition) is 4. The number of benzene rings is 1. The van der Waals surface area contributed by atoms with Crippen LogP contribution in [0.1, 0.15) is 38.1 Å². The Morgan fingerprint density at radius 3 is 2.33 bits per heavy atom. The van der Waals surface area contributed by atoms with Gasteiger partial charge < -0.3 is 22.1 Å². The Morgan fingerprint density at radius 1 is 1.29 bits per heavy atom. The van der Waals surface area contributed by atoms with E-state index in [1.54, 1.807) is 6.92 Å². The Labute approximate surface area is 123 Å². The highest BCUT2D eigenvalue weighted by Gasteiger charge is 2.21. The molecule has 0 fully saturated rings. The second-order valence-electron chi connectivity index (χ2n) is 5.89. The first kappa shape index (κ1) is 16.7. The summed E-state index contributed by atoms with van der Waals surface area (Å²) in [6, 6.07) is 1.51. The molecule has 1 aromatic carbocycles. The summed E-state index contributed by atoms with van der Waals surface area (Å²) >= 11 is 0. The number of rotatable bonds is 4. The molecule has 0 heterocycles. The lowest BCUT2D eigenvalue weighted by Gasteiger charge is -2.24. The summed E-state index contributed by atoms with van der Waals surface area (Å²) in [5.74, 6) is -1.71. The van der Waals surface area contributed by atoms with Crippen LogP contribution in [0.15, 0.2) is 12.1 Å². The molecule has 0 spiro atoms. The predicted molar refractivity (Wildman–Crippen MR) is 80.3 cm³/mol. The highest BCUT2D eigenvalue weighted by Crippen LogP contribution is 2.22. The van der Waals surface area contributed by atoms with Crippen LogP contribution in [0.3, 0.4) is 0 Å². The van der Waals surface area contributed by atoms with E-state index in [1.807, 2.05) is 20.8 Å². The molecule has 0 aliphatic carbocycles. The van der Waals surface area contributed by atoms with E-state index < -0.39 is 23.3 Å². The molecule has 21 heavy (non-hydrogen) atoms. The van der Waals surface area contributed by atoms with Crippen LogP contribution in [0, 0.1) is 5.82 Å². The average molecular weight is 296 g/mol. The van der Waals surface area contributed by atoms with Gasteiger partial charge in [-0.1, -0.05) is 0 Å². The molecule has 6 nitrogen and oxygen atoms in total. The van der Waals surface area contributed by atoms with Crippen LogP contribution in [-0.4, -0.2) is 23.4 Å². The number of hydrogen-bond acceptors (Lipinski definition) is 4. The number of nitrogens with one attached hydrogen (secondary N) is 2. The van der Waals surface area contributed by atoms with Crippen molar-refractivity contribution in [2.24, 2.45) is 5.73 Å². The number of primary amides is 1. The molecule has 0 radical (unpaired) electrons. The molecule has 1 rings (SSSR count). The molecule has 0 saturated heterocycles. The van der Waals surface area contributed by atoms with Gasteiger partial charge in [0.15, 0.2) is 0 Å². The summed E-state index contributed by atoms with van der Waals surface area (Å²) in [6.07, 6.45) is 0. The molecule has 0 aromatic heterocycles. The van der Waals surface area contributed by atoms with Gasteiger partial charge in [-0.05, 0) is 39.8 Å². The lowest BCUT2D eigenvalue weighted by Crippen LogP contribution is -2.47. The van der Waals surface area contributed by atoms with Crippen LogP contribution in [0.4, 0.5) is 15.8 Å². The lowest BCUT2D eigenvalue weighted by atomic mass is 10.1. The SMILES string of the molecule is CC(Nc1cc(C(N)=O)c(N)cc1F)C(=O)NC(C)(C)C. The number of halogens is 1. The molecule has 0 aliphatic heterocycles.